The summed E-state index contributed by atoms with van der Waals surface area (Å²) in [7, 11) is -4.05. The van der Waals surface area contributed by atoms with Crippen LogP contribution in [0.15, 0.2) is 53.7 Å². The fourth-order valence-corrected chi connectivity index (χ4v) is 6.10. The van der Waals surface area contributed by atoms with Crippen molar-refractivity contribution in [3.8, 4) is 0 Å². The van der Waals surface area contributed by atoms with Gasteiger partial charge in [0.2, 0.25) is 10.0 Å². The zero-order chi connectivity index (χ0) is 27.6. The van der Waals surface area contributed by atoms with Crippen LogP contribution >= 0.6 is 0 Å². The predicted octanol–water partition coefficient (Wildman–Crippen LogP) is 5.17. The highest BCUT2D eigenvalue weighted by Gasteiger charge is 2.36. The molecule has 0 amide bonds. The van der Waals surface area contributed by atoms with Crippen LogP contribution in [0.25, 0.3) is 0 Å². The van der Waals surface area contributed by atoms with Crippen molar-refractivity contribution in [2.75, 3.05) is 31.5 Å². The van der Waals surface area contributed by atoms with Crippen LogP contribution in [0.5, 0.6) is 0 Å². The van der Waals surface area contributed by atoms with Crippen LogP contribution in [0.2, 0.25) is 0 Å². The molecule has 8 nitrogen and oxygen atoms in total. The first-order valence-electron chi connectivity index (χ1n) is 12.2. The molecule has 1 fully saturated rings. The van der Waals surface area contributed by atoms with Gasteiger partial charge >= 0.3 is 6.55 Å². The van der Waals surface area contributed by atoms with Gasteiger partial charge in [0.05, 0.1) is 12.4 Å². The quantitative estimate of drug-likeness (QED) is 0.360. The number of sulfonamides is 1. The van der Waals surface area contributed by atoms with Gasteiger partial charge in [-0.25, -0.2) is 17.5 Å². The lowest BCUT2D eigenvalue weighted by Gasteiger charge is -2.42. The lowest BCUT2D eigenvalue weighted by Crippen LogP contribution is -2.51. The molecule has 1 aromatic heterocycles. The van der Waals surface area contributed by atoms with Crippen molar-refractivity contribution < 1.29 is 21.6 Å². The molecular weight excluding hydrogens is 517 g/mol. The molecule has 2 N–H and O–H groups in total. The highest BCUT2D eigenvalue weighted by atomic mass is 32.2. The molecule has 2 heterocycles. The molecule has 2 aromatic carbocycles. The van der Waals surface area contributed by atoms with Gasteiger partial charge in [-0.15, -0.1) is 0 Å². The number of rotatable bonds is 9. The van der Waals surface area contributed by atoms with Gasteiger partial charge in [-0.1, -0.05) is 13.8 Å². The number of aryl methyl sites for hydroxylation is 1. The predicted molar refractivity (Wildman–Crippen MR) is 140 cm³/mol. The average molecular weight is 549 g/mol. The summed E-state index contributed by atoms with van der Waals surface area (Å²) < 4.78 is 67.7. The number of hydrogen-bond acceptors (Lipinski definition) is 6. The molecular formula is C26H31F3N6O2S. The van der Waals surface area contributed by atoms with E-state index in [2.05, 4.69) is 29.2 Å². The minimum Gasteiger partial charge on any atom is -0.355 e. The Bertz CT molecular complexity index is 1390. The summed E-state index contributed by atoms with van der Waals surface area (Å²) in [4.78, 5) is 1.95. The topological polar surface area (TPSA) is 94.3 Å². The Morgan fingerprint density at radius 3 is 2.50 bits per heavy atom. The Balaban J connectivity index is 1.68. The molecule has 0 spiro atoms. The minimum atomic E-state index is -4.05. The Kier molecular flexibility index (Phi) is 8.24. The summed E-state index contributed by atoms with van der Waals surface area (Å²) in [5, 5.41) is 14.7. The van der Waals surface area contributed by atoms with Crippen LogP contribution in [0.4, 0.5) is 24.5 Å². The zero-order valence-corrected chi connectivity index (χ0v) is 22.2. The highest BCUT2D eigenvalue weighted by molar-refractivity contribution is 7.89. The smallest absolute Gasteiger partial charge is 0.333 e. The van der Waals surface area contributed by atoms with Crippen molar-refractivity contribution in [2.45, 2.75) is 38.3 Å². The molecule has 1 saturated heterocycles. The molecule has 0 bridgehead atoms. The molecule has 204 valence electrons. The second-order valence-corrected chi connectivity index (χ2v) is 11.7. The fraction of sp³-hybridized carbons (Fsp3) is 0.385. The van der Waals surface area contributed by atoms with E-state index in [0.29, 0.717) is 34.1 Å². The molecule has 4 rings (SSSR count). The van der Waals surface area contributed by atoms with Gasteiger partial charge < -0.3 is 10.7 Å². The summed E-state index contributed by atoms with van der Waals surface area (Å²) >= 11 is 0. The highest BCUT2D eigenvalue weighted by Crippen LogP contribution is 2.34. The fourth-order valence-electron chi connectivity index (χ4n) is 4.72. The third-order valence-electron chi connectivity index (χ3n) is 6.55. The van der Waals surface area contributed by atoms with Gasteiger partial charge in [-0.05, 0) is 60.4 Å². The van der Waals surface area contributed by atoms with E-state index in [1.165, 1.54) is 22.7 Å². The van der Waals surface area contributed by atoms with Crippen LogP contribution in [-0.4, -0.2) is 59.8 Å². The number of hydrogen-bond donors (Lipinski definition) is 2. The lowest BCUT2D eigenvalue weighted by atomic mass is 9.94. The number of nitrogens with zero attached hydrogens (tertiary/aromatic N) is 4. The second kappa shape index (κ2) is 11.3. The third-order valence-corrected chi connectivity index (χ3v) is 8.36. The number of alkyl halides is 2. The Labute approximate surface area is 220 Å². The Hall–Kier alpha value is -3.22. The van der Waals surface area contributed by atoms with Gasteiger partial charge in [-0.3, -0.25) is 4.90 Å². The van der Waals surface area contributed by atoms with Crippen LogP contribution in [0.3, 0.4) is 0 Å². The largest absolute Gasteiger partial charge is 0.355 e. The standard InChI is InChI=1S/C26H31F3N6O2S/c1-17(2)14-33-8-9-34(38(36,37)22-13-31-35(15-22)26(28)29)16-25(33)23-11-19(12-30)24(10-18(23)3)32-21-6-4-20(27)5-7-21/h4-7,10-13,15,17,25-26,30,32H,8-9,14,16H2,1-3H3/t25-/m0/s1. The Morgan fingerprint density at radius 1 is 1.18 bits per heavy atom. The normalized spacial score (nSPS) is 17.3. The van der Waals surface area contributed by atoms with Crippen molar-refractivity contribution in [3.63, 3.8) is 0 Å². The average Bonchev–Trinajstić information content (AvgIpc) is 3.37. The molecule has 0 saturated carbocycles. The van der Waals surface area contributed by atoms with Crippen LogP contribution in [0.1, 0.15) is 43.1 Å². The molecule has 3 aromatic rings. The maximum atomic E-state index is 13.4. The minimum absolute atomic E-state index is 0.123. The molecule has 1 atom stereocenters. The van der Waals surface area contributed by atoms with E-state index in [9.17, 15) is 21.6 Å². The summed E-state index contributed by atoms with van der Waals surface area (Å²) in [5.41, 5.74) is 3.70. The van der Waals surface area contributed by atoms with E-state index in [1.807, 2.05) is 19.1 Å². The molecule has 0 unspecified atom stereocenters. The van der Waals surface area contributed by atoms with E-state index in [0.717, 1.165) is 30.1 Å². The van der Waals surface area contributed by atoms with Crippen LogP contribution in [-0.2, 0) is 10.0 Å². The van der Waals surface area contributed by atoms with Gasteiger partial charge in [0.25, 0.3) is 0 Å². The summed E-state index contributed by atoms with van der Waals surface area (Å²) in [6, 6.07) is 9.36. The number of halogens is 3. The van der Waals surface area contributed by atoms with Gasteiger partial charge in [-0.2, -0.15) is 18.2 Å². The first kappa shape index (κ1) is 27.8. The summed E-state index contributed by atoms with van der Waals surface area (Å²) in [6.07, 6.45) is 3.02. The number of benzene rings is 2. The SMILES string of the molecule is Cc1cc(Nc2ccc(F)cc2)c(C=N)cc1[C@@H]1CN(S(=O)(=O)c2cnn(C(F)F)c2)CCN1CC(C)C. The van der Waals surface area contributed by atoms with Gasteiger partial charge in [0, 0.05) is 55.4 Å². The molecule has 1 aliphatic heterocycles. The van der Waals surface area contributed by atoms with Crippen LogP contribution < -0.4 is 5.32 Å². The maximum absolute atomic E-state index is 13.4. The molecule has 38 heavy (non-hydrogen) atoms. The lowest BCUT2D eigenvalue weighted by molar-refractivity contribution is 0.0563. The van der Waals surface area contributed by atoms with Crippen molar-refractivity contribution in [1.82, 2.24) is 19.0 Å². The van der Waals surface area contributed by atoms with E-state index in [-0.39, 0.29) is 29.8 Å². The summed E-state index contributed by atoms with van der Waals surface area (Å²) in [6.45, 7) is 4.70. The second-order valence-electron chi connectivity index (χ2n) is 9.77. The summed E-state index contributed by atoms with van der Waals surface area (Å²) in [5.74, 6) is -0.0233. The number of piperazine rings is 1. The zero-order valence-electron chi connectivity index (χ0n) is 21.4. The van der Waals surface area contributed by atoms with Crippen molar-refractivity contribution in [3.05, 3.63) is 71.3 Å². The number of anilines is 2. The molecule has 0 aliphatic carbocycles. The van der Waals surface area contributed by atoms with Crippen molar-refractivity contribution in [1.29, 1.82) is 5.41 Å². The van der Waals surface area contributed by atoms with Gasteiger partial charge in [0.15, 0.2) is 0 Å². The number of nitrogens with one attached hydrogen (secondary N) is 2. The molecule has 12 heteroatoms. The molecule has 0 radical (unpaired) electrons. The van der Waals surface area contributed by atoms with E-state index < -0.39 is 16.6 Å². The third kappa shape index (κ3) is 5.92. The van der Waals surface area contributed by atoms with Crippen molar-refractivity contribution >= 4 is 27.6 Å². The van der Waals surface area contributed by atoms with E-state index >= 15 is 0 Å². The maximum Gasteiger partial charge on any atom is 0.333 e. The molecule has 1 aliphatic rings. The monoisotopic (exact) mass is 548 g/mol. The Morgan fingerprint density at radius 2 is 1.89 bits per heavy atom. The first-order chi connectivity index (χ1) is 18.0. The van der Waals surface area contributed by atoms with E-state index in [4.69, 9.17) is 5.41 Å². The first-order valence-corrected chi connectivity index (χ1v) is 13.7. The number of aromatic nitrogens is 2. The van der Waals surface area contributed by atoms with Crippen molar-refractivity contribution in [2.24, 2.45) is 5.92 Å². The van der Waals surface area contributed by atoms with E-state index in [1.54, 1.807) is 12.1 Å². The van der Waals surface area contributed by atoms with Crippen LogP contribution in [0, 0.1) is 24.1 Å². The van der Waals surface area contributed by atoms with Gasteiger partial charge in [0.1, 0.15) is 10.7 Å².